The Morgan fingerprint density at radius 1 is 1.30 bits per heavy atom. The van der Waals surface area contributed by atoms with Gasteiger partial charge < -0.3 is 15.2 Å². The molecule has 0 bridgehead atoms. The Labute approximate surface area is 130 Å². The summed E-state index contributed by atoms with van der Waals surface area (Å²) in [5.41, 5.74) is 7.28. The summed E-state index contributed by atoms with van der Waals surface area (Å²) >= 11 is 9.30. The van der Waals surface area contributed by atoms with E-state index in [1.165, 1.54) is 0 Å². The maximum Gasteiger partial charge on any atom is 0.165 e. The number of halogens is 2. The van der Waals surface area contributed by atoms with E-state index in [0.29, 0.717) is 44.8 Å². The molecule has 0 aliphatic rings. The molecule has 1 aromatic carbocycles. The van der Waals surface area contributed by atoms with E-state index >= 15 is 0 Å². The first-order chi connectivity index (χ1) is 9.56. The SMILES string of the molecule is COCc1nc(-c2ccc(Cl)cc2OC)nc(N)c1Br. The van der Waals surface area contributed by atoms with Gasteiger partial charge in [0, 0.05) is 12.1 Å². The van der Waals surface area contributed by atoms with Gasteiger partial charge >= 0.3 is 0 Å². The predicted molar refractivity (Wildman–Crippen MR) is 81.9 cm³/mol. The molecule has 0 unspecified atom stereocenters. The molecule has 0 saturated heterocycles. The van der Waals surface area contributed by atoms with Crippen molar-refractivity contribution in [3.63, 3.8) is 0 Å². The highest BCUT2D eigenvalue weighted by atomic mass is 79.9. The van der Waals surface area contributed by atoms with Crippen LogP contribution in [-0.4, -0.2) is 24.2 Å². The highest BCUT2D eigenvalue weighted by molar-refractivity contribution is 9.10. The Hall–Kier alpha value is -1.37. The molecule has 0 saturated carbocycles. The van der Waals surface area contributed by atoms with Gasteiger partial charge in [-0.15, -0.1) is 0 Å². The highest BCUT2D eigenvalue weighted by Gasteiger charge is 2.15. The zero-order valence-electron chi connectivity index (χ0n) is 11.0. The van der Waals surface area contributed by atoms with Crippen LogP contribution in [0.4, 0.5) is 5.82 Å². The normalized spacial score (nSPS) is 10.6. The molecule has 2 rings (SSSR count). The second-order valence-corrected chi connectivity index (χ2v) is 5.20. The van der Waals surface area contributed by atoms with Crippen molar-refractivity contribution in [2.24, 2.45) is 0 Å². The number of ether oxygens (including phenoxy) is 2. The third-order valence-electron chi connectivity index (χ3n) is 2.63. The van der Waals surface area contributed by atoms with Gasteiger partial charge in [0.25, 0.3) is 0 Å². The number of nitrogens with two attached hydrogens (primary N) is 1. The second-order valence-electron chi connectivity index (χ2n) is 3.97. The fraction of sp³-hybridized carbons (Fsp3) is 0.231. The van der Waals surface area contributed by atoms with E-state index in [9.17, 15) is 0 Å². The lowest BCUT2D eigenvalue weighted by atomic mass is 10.2. The number of rotatable bonds is 4. The van der Waals surface area contributed by atoms with Gasteiger partial charge in [0.2, 0.25) is 0 Å². The van der Waals surface area contributed by atoms with Gasteiger partial charge in [-0.2, -0.15) is 0 Å². The molecule has 0 aliphatic heterocycles. The summed E-state index contributed by atoms with van der Waals surface area (Å²) in [5.74, 6) is 1.40. The summed E-state index contributed by atoms with van der Waals surface area (Å²) in [6.07, 6.45) is 0. The fourth-order valence-electron chi connectivity index (χ4n) is 1.72. The fourth-order valence-corrected chi connectivity index (χ4v) is 2.17. The molecule has 1 aromatic heterocycles. The number of nitrogens with zero attached hydrogens (tertiary/aromatic N) is 2. The molecule has 7 heteroatoms. The quantitative estimate of drug-likeness (QED) is 0.908. The number of anilines is 1. The van der Waals surface area contributed by atoms with Crippen LogP contribution in [0.3, 0.4) is 0 Å². The zero-order valence-corrected chi connectivity index (χ0v) is 13.3. The average Bonchev–Trinajstić information content (AvgIpc) is 2.43. The third kappa shape index (κ3) is 3.03. The molecular formula is C13H13BrClN3O2. The summed E-state index contributed by atoms with van der Waals surface area (Å²) in [5, 5.41) is 0.577. The van der Waals surface area contributed by atoms with Crippen molar-refractivity contribution in [2.75, 3.05) is 20.0 Å². The maximum atomic E-state index is 5.95. The van der Waals surface area contributed by atoms with Gasteiger partial charge in [-0.3, -0.25) is 0 Å². The molecule has 0 fully saturated rings. The van der Waals surface area contributed by atoms with Crippen LogP contribution >= 0.6 is 27.5 Å². The Kier molecular flexibility index (Phi) is 4.80. The largest absolute Gasteiger partial charge is 0.496 e. The Morgan fingerprint density at radius 3 is 2.70 bits per heavy atom. The second kappa shape index (κ2) is 6.39. The summed E-state index contributed by atoms with van der Waals surface area (Å²) in [6.45, 7) is 0.330. The van der Waals surface area contributed by atoms with Crippen LogP contribution in [0.25, 0.3) is 11.4 Å². The van der Waals surface area contributed by atoms with Crippen molar-refractivity contribution in [1.29, 1.82) is 0 Å². The standard InChI is InChI=1S/C13H13BrClN3O2/c1-19-6-9-11(14)12(16)18-13(17-9)8-4-3-7(15)5-10(8)20-2/h3-5H,6H2,1-2H3,(H2,16,17,18). The molecule has 106 valence electrons. The molecule has 0 amide bonds. The molecular weight excluding hydrogens is 346 g/mol. The summed E-state index contributed by atoms with van der Waals surface area (Å²) in [7, 11) is 3.15. The Morgan fingerprint density at radius 2 is 2.05 bits per heavy atom. The van der Waals surface area contributed by atoms with E-state index in [2.05, 4.69) is 25.9 Å². The van der Waals surface area contributed by atoms with E-state index in [0.717, 1.165) is 0 Å². The molecule has 2 aromatic rings. The maximum absolute atomic E-state index is 5.95. The molecule has 0 radical (unpaired) electrons. The third-order valence-corrected chi connectivity index (χ3v) is 3.73. The number of benzene rings is 1. The summed E-state index contributed by atoms with van der Waals surface area (Å²) < 4.78 is 11.0. The average molecular weight is 359 g/mol. The van der Waals surface area contributed by atoms with Crippen molar-refractivity contribution in [2.45, 2.75) is 6.61 Å². The van der Waals surface area contributed by atoms with E-state index in [-0.39, 0.29) is 0 Å². The number of methoxy groups -OCH3 is 2. The zero-order chi connectivity index (χ0) is 14.7. The van der Waals surface area contributed by atoms with Crippen molar-refractivity contribution < 1.29 is 9.47 Å². The van der Waals surface area contributed by atoms with Crippen molar-refractivity contribution in [1.82, 2.24) is 9.97 Å². The van der Waals surface area contributed by atoms with Crippen LogP contribution < -0.4 is 10.5 Å². The predicted octanol–water partition coefficient (Wildman–Crippen LogP) is 3.30. The lowest BCUT2D eigenvalue weighted by Crippen LogP contribution is -2.04. The molecule has 2 N–H and O–H groups in total. The van der Waals surface area contributed by atoms with Crippen LogP contribution in [0.1, 0.15) is 5.69 Å². The highest BCUT2D eigenvalue weighted by Crippen LogP contribution is 2.32. The van der Waals surface area contributed by atoms with Gasteiger partial charge in [-0.05, 0) is 34.1 Å². The first-order valence-corrected chi connectivity index (χ1v) is 6.88. The molecule has 0 spiro atoms. The summed E-state index contributed by atoms with van der Waals surface area (Å²) in [4.78, 5) is 8.71. The first kappa shape index (κ1) is 15.0. The molecule has 0 atom stereocenters. The monoisotopic (exact) mass is 357 g/mol. The van der Waals surface area contributed by atoms with Crippen molar-refractivity contribution in [3.8, 4) is 17.1 Å². The number of nitrogen functional groups attached to an aromatic ring is 1. The van der Waals surface area contributed by atoms with Crippen LogP contribution in [0.15, 0.2) is 22.7 Å². The van der Waals surface area contributed by atoms with Gasteiger partial charge in [0.05, 0.1) is 29.4 Å². The van der Waals surface area contributed by atoms with Crippen LogP contribution in [0.5, 0.6) is 5.75 Å². The minimum absolute atomic E-state index is 0.330. The van der Waals surface area contributed by atoms with E-state index < -0.39 is 0 Å². The van der Waals surface area contributed by atoms with Gasteiger partial charge in [0.1, 0.15) is 11.6 Å². The molecule has 1 heterocycles. The van der Waals surface area contributed by atoms with Crippen LogP contribution in [0, 0.1) is 0 Å². The minimum atomic E-state index is 0.330. The van der Waals surface area contributed by atoms with E-state index in [1.54, 1.807) is 32.4 Å². The molecule has 5 nitrogen and oxygen atoms in total. The molecule has 20 heavy (non-hydrogen) atoms. The lowest BCUT2D eigenvalue weighted by molar-refractivity contribution is 0.181. The topological polar surface area (TPSA) is 70.3 Å². The van der Waals surface area contributed by atoms with Crippen LogP contribution in [0.2, 0.25) is 5.02 Å². The van der Waals surface area contributed by atoms with Gasteiger partial charge in [-0.25, -0.2) is 9.97 Å². The van der Waals surface area contributed by atoms with Crippen LogP contribution in [-0.2, 0) is 11.3 Å². The van der Waals surface area contributed by atoms with Crippen molar-refractivity contribution in [3.05, 3.63) is 33.4 Å². The van der Waals surface area contributed by atoms with Gasteiger partial charge in [-0.1, -0.05) is 11.6 Å². The molecule has 0 aliphatic carbocycles. The van der Waals surface area contributed by atoms with Crippen molar-refractivity contribution >= 4 is 33.3 Å². The Bertz CT molecular complexity index is 637. The minimum Gasteiger partial charge on any atom is -0.496 e. The lowest BCUT2D eigenvalue weighted by Gasteiger charge is -2.11. The Balaban J connectivity index is 2.58. The van der Waals surface area contributed by atoms with E-state index in [1.807, 2.05) is 0 Å². The number of hydrogen-bond acceptors (Lipinski definition) is 5. The number of aromatic nitrogens is 2. The summed E-state index contributed by atoms with van der Waals surface area (Å²) in [6, 6.07) is 5.24. The van der Waals surface area contributed by atoms with E-state index in [4.69, 9.17) is 26.8 Å². The first-order valence-electron chi connectivity index (χ1n) is 5.71. The van der Waals surface area contributed by atoms with Gasteiger partial charge in [0.15, 0.2) is 5.82 Å². The smallest absolute Gasteiger partial charge is 0.165 e. The number of hydrogen-bond donors (Lipinski definition) is 1.